The summed E-state index contributed by atoms with van der Waals surface area (Å²) in [5, 5.41) is 21.1. The second-order valence-corrected chi connectivity index (χ2v) is 3.74. The van der Waals surface area contributed by atoms with Gasteiger partial charge in [0.25, 0.3) is 0 Å². The van der Waals surface area contributed by atoms with Crippen molar-refractivity contribution in [2.24, 2.45) is 10.9 Å². The molecule has 6 heteroatoms. The number of rotatable bonds is 2. The maximum absolute atomic E-state index is 9.47. The minimum atomic E-state index is -0.319. The number of pyridine rings is 1. The van der Waals surface area contributed by atoms with Crippen LogP contribution in [0.25, 0.3) is 0 Å². The second kappa shape index (κ2) is 4.36. The van der Waals surface area contributed by atoms with Gasteiger partial charge in [-0.1, -0.05) is 5.16 Å². The van der Waals surface area contributed by atoms with E-state index in [1.807, 2.05) is 11.0 Å². The van der Waals surface area contributed by atoms with E-state index in [1.165, 1.54) is 0 Å². The van der Waals surface area contributed by atoms with E-state index >= 15 is 0 Å². The molecule has 6 nitrogen and oxygen atoms in total. The summed E-state index contributed by atoms with van der Waals surface area (Å²) in [4.78, 5) is 6.06. The molecular weight excluding hydrogens is 208 g/mol. The number of oxime groups is 1. The SMILES string of the molecule is N/C(=N/O)c1ncccc1N1CCC(O)C1. The lowest BCUT2D eigenvalue weighted by atomic mass is 10.2. The zero-order valence-electron chi connectivity index (χ0n) is 8.74. The van der Waals surface area contributed by atoms with Gasteiger partial charge < -0.3 is 20.9 Å². The van der Waals surface area contributed by atoms with E-state index < -0.39 is 0 Å². The molecular formula is C10H14N4O2. The molecule has 1 fully saturated rings. The maximum atomic E-state index is 9.47. The summed E-state index contributed by atoms with van der Waals surface area (Å²) in [6.45, 7) is 1.30. The highest BCUT2D eigenvalue weighted by atomic mass is 16.4. The molecule has 2 heterocycles. The van der Waals surface area contributed by atoms with E-state index in [0.717, 1.165) is 18.7 Å². The molecule has 16 heavy (non-hydrogen) atoms. The Labute approximate surface area is 93.0 Å². The molecule has 1 aromatic rings. The molecule has 0 radical (unpaired) electrons. The number of anilines is 1. The van der Waals surface area contributed by atoms with Crippen LogP contribution < -0.4 is 10.6 Å². The van der Waals surface area contributed by atoms with Crippen molar-refractivity contribution in [2.75, 3.05) is 18.0 Å². The van der Waals surface area contributed by atoms with Crippen molar-refractivity contribution >= 4 is 11.5 Å². The maximum Gasteiger partial charge on any atom is 0.190 e. The number of β-amino-alcohol motifs (C(OH)–C–C–N with tert-alkyl or cyclic N) is 1. The van der Waals surface area contributed by atoms with Crippen molar-refractivity contribution in [2.45, 2.75) is 12.5 Å². The molecule has 86 valence electrons. The largest absolute Gasteiger partial charge is 0.409 e. The Kier molecular flexibility index (Phi) is 2.91. The quantitative estimate of drug-likeness (QED) is 0.277. The summed E-state index contributed by atoms with van der Waals surface area (Å²) in [6, 6.07) is 3.63. The number of hydrogen-bond acceptors (Lipinski definition) is 5. The Bertz CT molecular complexity index is 408. The summed E-state index contributed by atoms with van der Waals surface area (Å²) >= 11 is 0. The summed E-state index contributed by atoms with van der Waals surface area (Å²) in [7, 11) is 0. The number of aliphatic hydroxyl groups is 1. The van der Waals surface area contributed by atoms with E-state index in [-0.39, 0.29) is 11.9 Å². The van der Waals surface area contributed by atoms with Gasteiger partial charge in [0.1, 0.15) is 5.69 Å². The first-order valence-electron chi connectivity index (χ1n) is 5.08. The lowest BCUT2D eigenvalue weighted by Gasteiger charge is -2.19. The van der Waals surface area contributed by atoms with E-state index in [1.54, 1.807) is 12.3 Å². The molecule has 1 atom stereocenters. The first-order valence-corrected chi connectivity index (χ1v) is 5.08. The van der Waals surface area contributed by atoms with Crippen molar-refractivity contribution < 1.29 is 10.3 Å². The van der Waals surface area contributed by atoms with Gasteiger partial charge in [-0.15, -0.1) is 0 Å². The average molecular weight is 222 g/mol. The Balaban J connectivity index is 2.33. The second-order valence-electron chi connectivity index (χ2n) is 3.74. The van der Waals surface area contributed by atoms with Crippen LogP contribution in [0.5, 0.6) is 0 Å². The van der Waals surface area contributed by atoms with Crippen LogP contribution in [0, 0.1) is 0 Å². The normalized spacial score (nSPS) is 21.4. The topological polar surface area (TPSA) is 95.0 Å². The predicted molar refractivity (Wildman–Crippen MR) is 59.6 cm³/mol. The highest BCUT2D eigenvalue weighted by Gasteiger charge is 2.23. The highest BCUT2D eigenvalue weighted by Crippen LogP contribution is 2.22. The first kappa shape index (κ1) is 10.7. The molecule has 0 spiro atoms. The number of aromatic nitrogens is 1. The molecule has 1 aromatic heterocycles. The lowest BCUT2D eigenvalue weighted by molar-refractivity contribution is 0.198. The van der Waals surface area contributed by atoms with Gasteiger partial charge in [-0.25, -0.2) is 0 Å². The van der Waals surface area contributed by atoms with Crippen LogP contribution in [0.1, 0.15) is 12.1 Å². The highest BCUT2D eigenvalue weighted by molar-refractivity contribution is 6.00. The molecule has 1 aliphatic rings. The number of hydrogen-bond donors (Lipinski definition) is 3. The van der Waals surface area contributed by atoms with Crippen LogP contribution in [0.3, 0.4) is 0 Å². The van der Waals surface area contributed by atoms with Crippen LogP contribution in [0.2, 0.25) is 0 Å². The van der Waals surface area contributed by atoms with Gasteiger partial charge in [-0.2, -0.15) is 0 Å². The minimum absolute atomic E-state index is 0.0167. The van der Waals surface area contributed by atoms with Gasteiger partial charge in [0.05, 0.1) is 11.8 Å². The third kappa shape index (κ3) is 1.92. The van der Waals surface area contributed by atoms with Crippen molar-refractivity contribution in [3.63, 3.8) is 0 Å². The summed E-state index contributed by atoms with van der Waals surface area (Å²) < 4.78 is 0. The Morgan fingerprint density at radius 3 is 3.06 bits per heavy atom. The summed E-state index contributed by atoms with van der Waals surface area (Å²) in [6.07, 6.45) is 1.99. The molecule has 4 N–H and O–H groups in total. The lowest BCUT2D eigenvalue weighted by Crippen LogP contribution is -2.26. The van der Waals surface area contributed by atoms with E-state index in [9.17, 15) is 5.11 Å². The fourth-order valence-electron chi connectivity index (χ4n) is 1.86. The molecule has 1 unspecified atom stereocenters. The van der Waals surface area contributed by atoms with Gasteiger partial charge in [0, 0.05) is 19.3 Å². The van der Waals surface area contributed by atoms with E-state index in [2.05, 4.69) is 10.1 Å². The Morgan fingerprint density at radius 2 is 2.44 bits per heavy atom. The molecule has 0 aliphatic carbocycles. The summed E-state index contributed by atoms with van der Waals surface area (Å²) in [5.74, 6) is -0.0167. The van der Waals surface area contributed by atoms with Crippen LogP contribution in [0.4, 0.5) is 5.69 Å². The van der Waals surface area contributed by atoms with Crippen LogP contribution in [-0.4, -0.2) is 40.3 Å². The molecule has 0 saturated carbocycles. The zero-order valence-corrected chi connectivity index (χ0v) is 8.74. The standard InChI is InChI=1S/C10H14N4O2/c11-10(13-16)9-8(2-1-4-12-9)14-5-3-7(15)6-14/h1-2,4,7,15-16H,3,5-6H2,(H2,11,13). The predicted octanol–water partition coefficient (Wildman–Crippen LogP) is -0.253. The molecule has 0 bridgehead atoms. The molecule has 0 amide bonds. The Hall–Kier alpha value is -1.82. The molecule has 1 saturated heterocycles. The van der Waals surface area contributed by atoms with Gasteiger partial charge in [-0.3, -0.25) is 4.98 Å². The summed E-state index contributed by atoms with van der Waals surface area (Å²) in [5.41, 5.74) is 6.78. The van der Waals surface area contributed by atoms with Crippen molar-refractivity contribution in [1.82, 2.24) is 4.98 Å². The zero-order chi connectivity index (χ0) is 11.5. The van der Waals surface area contributed by atoms with Gasteiger partial charge in [0.2, 0.25) is 0 Å². The van der Waals surface area contributed by atoms with Crippen molar-refractivity contribution in [1.29, 1.82) is 0 Å². The van der Waals surface area contributed by atoms with Crippen LogP contribution in [-0.2, 0) is 0 Å². The molecule has 2 rings (SSSR count). The molecule has 0 aromatic carbocycles. The monoisotopic (exact) mass is 222 g/mol. The Morgan fingerprint density at radius 1 is 1.62 bits per heavy atom. The van der Waals surface area contributed by atoms with Gasteiger partial charge >= 0.3 is 0 Å². The average Bonchev–Trinajstić information content (AvgIpc) is 2.75. The third-order valence-electron chi connectivity index (χ3n) is 2.64. The number of aliphatic hydroxyl groups excluding tert-OH is 1. The van der Waals surface area contributed by atoms with Crippen LogP contribution >= 0.6 is 0 Å². The van der Waals surface area contributed by atoms with Crippen LogP contribution in [0.15, 0.2) is 23.5 Å². The molecule has 1 aliphatic heterocycles. The number of amidine groups is 1. The smallest absolute Gasteiger partial charge is 0.190 e. The van der Waals surface area contributed by atoms with E-state index in [4.69, 9.17) is 10.9 Å². The van der Waals surface area contributed by atoms with Gasteiger partial charge in [0.15, 0.2) is 5.84 Å². The van der Waals surface area contributed by atoms with Crippen molar-refractivity contribution in [3.8, 4) is 0 Å². The number of nitrogens with two attached hydrogens (primary N) is 1. The first-order chi connectivity index (χ1) is 7.72. The minimum Gasteiger partial charge on any atom is -0.409 e. The van der Waals surface area contributed by atoms with Gasteiger partial charge in [-0.05, 0) is 18.6 Å². The van der Waals surface area contributed by atoms with E-state index in [0.29, 0.717) is 12.2 Å². The fourth-order valence-corrected chi connectivity index (χ4v) is 1.86. The number of nitrogens with zero attached hydrogens (tertiary/aromatic N) is 3. The third-order valence-corrected chi connectivity index (χ3v) is 2.64. The fraction of sp³-hybridized carbons (Fsp3) is 0.400. The van der Waals surface area contributed by atoms with Crippen molar-refractivity contribution in [3.05, 3.63) is 24.0 Å².